The van der Waals surface area contributed by atoms with Crippen LogP contribution in [-0.4, -0.2) is 24.6 Å². The number of carbonyl (C=O) groups excluding carboxylic acids is 2. The number of amides is 2. The summed E-state index contributed by atoms with van der Waals surface area (Å²) in [5.41, 5.74) is 7.40. The van der Waals surface area contributed by atoms with Gasteiger partial charge in [-0.25, -0.2) is 5.43 Å². The Bertz CT molecular complexity index is 865. The third-order valence-corrected chi connectivity index (χ3v) is 4.04. The standard InChI is InChI=1S/C21H25N3O3/c1-13-9-14(2)20(15(3)10-13)22-19(25)11-16(4)23-24-21(26)17-7-6-8-18(12-17)27-5/h6-10,12H,11H2,1-5H3,(H,22,25)(H,24,26)/b23-16+. The van der Waals surface area contributed by atoms with Crippen LogP contribution in [0.15, 0.2) is 41.5 Å². The lowest BCUT2D eigenvalue weighted by Crippen LogP contribution is -2.22. The van der Waals surface area contributed by atoms with E-state index in [-0.39, 0.29) is 18.2 Å². The number of nitrogens with one attached hydrogen (secondary N) is 2. The van der Waals surface area contributed by atoms with E-state index in [2.05, 4.69) is 15.8 Å². The van der Waals surface area contributed by atoms with Gasteiger partial charge in [-0.3, -0.25) is 9.59 Å². The zero-order chi connectivity index (χ0) is 20.0. The Morgan fingerprint density at radius 3 is 2.37 bits per heavy atom. The first-order valence-electron chi connectivity index (χ1n) is 8.65. The van der Waals surface area contributed by atoms with E-state index in [4.69, 9.17) is 4.74 Å². The van der Waals surface area contributed by atoms with E-state index in [0.29, 0.717) is 17.0 Å². The van der Waals surface area contributed by atoms with Crippen molar-refractivity contribution in [3.63, 3.8) is 0 Å². The van der Waals surface area contributed by atoms with Gasteiger partial charge in [-0.2, -0.15) is 5.10 Å². The molecule has 0 bridgehead atoms. The van der Waals surface area contributed by atoms with Crippen LogP contribution in [0.5, 0.6) is 5.75 Å². The van der Waals surface area contributed by atoms with Gasteiger partial charge in [0, 0.05) is 17.0 Å². The molecule has 0 fully saturated rings. The van der Waals surface area contributed by atoms with Crippen molar-refractivity contribution in [1.82, 2.24) is 5.43 Å². The van der Waals surface area contributed by atoms with Gasteiger partial charge in [-0.15, -0.1) is 0 Å². The largest absolute Gasteiger partial charge is 0.497 e. The predicted octanol–water partition coefficient (Wildman–Crippen LogP) is 3.75. The zero-order valence-electron chi connectivity index (χ0n) is 16.3. The number of anilines is 1. The molecule has 0 aliphatic rings. The molecule has 0 spiro atoms. The van der Waals surface area contributed by atoms with Gasteiger partial charge in [0.15, 0.2) is 0 Å². The number of hydrogen-bond acceptors (Lipinski definition) is 4. The Labute approximate surface area is 159 Å². The Morgan fingerprint density at radius 1 is 1.07 bits per heavy atom. The molecule has 27 heavy (non-hydrogen) atoms. The van der Waals surface area contributed by atoms with Gasteiger partial charge in [0.2, 0.25) is 5.91 Å². The summed E-state index contributed by atoms with van der Waals surface area (Å²) in [6.45, 7) is 7.64. The summed E-state index contributed by atoms with van der Waals surface area (Å²) in [7, 11) is 1.54. The number of hydrazone groups is 1. The van der Waals surface area contributed by atoms with Gasteiger partial charge in [0.25, 0.3) is 5.91 Å². The van der Waals surface area contributed by atoms with E-state index in [1.807, 2.05) is 32.9 Å². The van der Waals surface area contributed by atoms with Crippen molar-refractivity contribution < 1.29 is 14.3 Å². The van der Waals surface area contributed by atoms with Crippen LogP contribution >= 0.6 is 0 Å². The highest BCUT2D eigenvalue weighted by molar-refractivity contribution is 6.06. The zero-order valence-corrected chi connectivity index (χ0v) is 16.3. The van der Waals surface area contributed by atoms with Crippen LogP contribution < -0.4 is 15.5 Å². The second-order valence-corrected chi connectivity index (χ2v) is 6.52. The molecule has 0 atom stereocenters. The average Bonchev–Trinajstić information content (AvgIpc) is 2.62. The fraction of sp³-hybridized carbons (Fsp3) is 0.286. The summed E-state index contributed by atoms with van der Waals surface area (Å²) < 4.78 is 5.10. The number of nitrogens with zero attached hydrogens (tertiary/aromatic N) is 1. The van der Waals surface area contributed by atoms with Crippen molar-refractivity contribution in [1.29, 1.82) is 0 Å². The highest BCUT2D eigenvalue weighted by Gasteiger charge is 2.10. The number of aryl methyl sites for hydroxylation is 3. The van der Waals surface area contributed by atoms with Crippen LogP contribution in [0.1, 0.15) is 40.4 Å². The molecule has 0 aliphatic heterocycles. The quantitative estimate of drug-likeness (QED) is 0.603. The SMILES string of the molecule is COc1cccc(C(=O)N/N=C(\C)CC(=O)Nc2c(C)cc(C)cc2C)c1. The molecule has 6 heteroatoms. The van der Waals surface area contributed by atoms with Gasteiger partial charge in [0.05, 0.1) is 13.5 Å². The second kappa shape index (κ2) is 8.98. The van der Waals surface area contributed by atoms with Gasteiger partial charge < -0.3 is 10.1 Å². The van der Waals surface area contributed by atoms with Gasteiger partial charge in [-0.05, 0) is 57.0 Å². The van der Waals surface area contributed by atoms with Crippen LogP contribution in [-0.2, 0) is 4.79 Å². The monoisotopic (exact) mass is 367 g/mol. The summed E-state index contributed by atoms with van der Waals surface area (Å²) in [6, 6.07) is 10.8. The van der Waals surface area contributed by atoms with Gasteiger partial charge >= 0.3 is 0 Å². The fourth-order valence-corrected chi connectivity index (χ4v) is 2.81. The molecule has 0 unspecified atom stereocenters. The van der Waals surface area contributed by atoms with Gasteiger partial charge in [0.1, 0.15) is 5.75 Å². The second-order valence-electron chi connectivity index (χ2n) is 6.52. The van der Waals surface area contributed by atoms with Crippen molar-refractivity contribution >= 4 is 23.2 Å². The van der Waals surface area contributed by atoms with E-state index >= 15 is 0 Å². The minimum absolute atomic E-state index is 0.0884. The molecule has 142 valence electrons. The Kier molecular flexibility index (Phi) is 6.71. The molecular weight excluding hydrogens is 342 g/mol. The molecule has 0 heterocycles. The Morgan fingerprint density at radius 2 is 1.74 bits per heavy atom. The molecule has 0 aromatic heterocycles. The molecule has 0 radical (unpaired) electrons. The topological polar surface area (TPSA) is 79.8 Å². The van der Waals surface area contributed by atoms with E-state index < -0.39 is 0 Å². The molecule has 2 aromatic carbocycles. The molecule has 2 rings (SSSR count). The Hall–Kier alpha value is -3.15. The predicted molar refractivity (Wildman–Crippen MR) is 107 cm³/mol. The summed E-state index contributed by atoms with van der Waals surface area (Å²) >= 11 is 0. The lowest BCUT2D eigenvalue weighted by atomic mass is 10.0. The fourth-order valence-electron chi connectivity index (χ4n) is 2.81. The van der Waals surface area contributed by atoms with Crippen LogP contribution in [0.2, 0.25) is 0 Å². The molecule has 0 saturated carbocycles. The smallest absolute Gasteiger partial charge is 0.271 e. The Balaban J connectivity index is 1.96. The number of benzene rings is 2. The van der Waals surface area contributed by atoms with Crippen LogP contribution in [0.3, 0.4) is 0 Å². The van der Waals surface area contributed by atoms with Crippen LogP contribution in [0, 0.1) is 20.8 Å². The molecule has 0 saturated heterocycles. The molecule has 6 nitrogen and oxygen atoms in total. The van der Waals surface area contributed by atoms with Crippen molar-refractivity contribution in [2.75, 3.05) is 12.4 Å². The molecule has 0 aliphatic carbocycles. The first-order valence-corrected chi connectivity index (χ1v) is 8.65. The number of ether oxygens (including phenoxy) is 1. The van der Waals surface area contributed by atoms with Crippen LogP contribution in [0.4, 0.5) is 5.69 Å². The lowest BCUT2D eigenvalue weighted by Gasteiger charge is -2.12. The van der Waals surface area contributed by atoms with E-state index in [0.717, 1.165) is 22.4 Å². The first kappa shape index (κ1) is 20.2. The maximum atomic E-state index is 12.3. The summed E-state index contributed by atoms with van der Waals surface area (Å²) in [6.07, 6.45) is 0.0884. The summed E-state index contributed by atoms with van der Waals surface area (Å²) in [5, 5.41) is 6.93. The number of hydrogen-bond donors (Lipinski definition) is 2. The third kappa shape index (κ3) is 5.67. The average molecular weight is 367 g/mol. The molecular formula is C21H25N3O3. The minimum atomic E-state index is -0.362. The van der Waals surface area contributed by atoms with E-state index in [9.17, 15) is 9.59 Å². The molecule has 2 amide bonds. The lowest BCUT2D eigenvalue weighted by molar-refractivity contribution is -0.115. The first-order chi connectivity index (χ1) is 12.8. The van der Waals surface area contributed by atoms with E-state index in [1.165, 1.54) is 7.11 Å². The minimum Gasteiger partial charge on any atom is -0.497 e. The maximum absolute atomic E-state index is 12.3. The van der Waals surface area contributed by atoms with Crippen molar-refractivity contribution in [2.24, 2.45) is 5.10 Å². The third-order valence-electron chi connectivity index (χ3n) is 4.04. The highest BCUT2D eigenvalue weighted by Crippen LogP contribution is 2.22. The number of methoxy groups -OCH3 is 1. The van der Waals surface area contributed by atoms with Crippen molar-refractivity contribution in [3.8, 4) is 5.75 Å². The molecule has 2 N–H and O–H groups in total. The highest BCUT2D eigenvalue weighted by atomic mass is 16.5. The number of carbonyl (C=O) groups is 2. The number of rotatable bonds is 6. The van der Waals surface area contributed by atoms with Gasteiger partial charge in [-0.1, -0.05) is 23.8 Å². The van der Waals surface area contributed by atoms with Crippen molar-refractivity contribution in [3.05, 3.63) is 58.7 Å². The van der Waals surface area contributed by atoms with E-state index in [1.54, 1.807) is 31.2 Å². The maximum Gasteiger partial charge on any atom is 0.271 e. The van der Waals surface area contributed by atoms with Crippen LogP contribution in [0.25, 0.3) is 0 Å². The molecule has 2 aromatic rings. The van der Waals surface area contributed by atoms with Crippen molar-refractivity contribution in [2.45, 2.75) is 34.1 Å². The normalized spacial score (nSPS) is 11.1. The summed E-state index contributed by atoms with van der Waals surface area (Å²) in [4.78, 5) is 24.4. The summed E-state index contributed by atoms with van der Waals surface area (Å²) in [5.74, 6) is 0.0485.